The Bertz CT molecular complexity index is 441. The van der Waals surface area contributed by atoms with E-state index >= 15 is 0 Å². The molecule has 2 N–H and O–H groups in total. The first-order chi connectivity index (χ1) is 9.91. The summed E-state index contributed by atoms with van der Waals surface area (Å²) in [6.07, 6.45) is 5.13. The Kier molecular flexibility index (Phi) is 5.32. The molecule has 1 aliphatic carbocycles. The fourth-order valence-electron chi connectivity index (χ4n) is 3.59. The molecule has 0 aliphatic heterocycles. The van der Waals surface area contributed by atoms with Crippen molar-refractivity contribution in [3.05, 3.63) is 29.8 Å². The van der Waals surface area contributed by atoms with E-state index in [2.05, 4.69) is 39.0 Å². The van der Waals surface area contributed by atoms with Crippen LogP contribution in [0.5, 0.6) is 5.75 Å². The van der Waals surface area contributed by atoms with Crippen molar-refractivity contribution >= 4 is 0 Å². The van der Waals surface area contributed by atoms with Crippen LogP contribution in [0.15, 0.2) is 24.3 Å². The zero-order chi connectivity index (χ0) is 15.5. The van der Waals surface area contributed by atoms with Crippen LogP contribution in [0, 0.1) is 17.3 Å². The van der Waals surface area contributed by atoms with E-state index < -0.39 is 0 Å². The zero-order valence-corrected chi connectivity index (χ0v) is 14.1. The molecule has 21 heavy (non-hydrogen) atoms. The summed E-state index contributed by atoms with van der Waals surface area (Å²) >= 11 is 0. The predicted octanol–water partition coefficient (Wildman–Crippen LogP) is 4.94. The van der Waals surface area contributed by atoms with Crippen LogP contribution in [-0.4, -0.2) is 6.61 Å². The maximum atomic E-state index is 6.53. The maximum Gasteiger partial charge on any atom is 0.119 e. The van der Waals surface area contributed by atoms with Gasteiger partial charge in [0.15, 0.2) is 0 Å². The first-order valence-electron chi connectivity index (χ1n) is 8.40. The largest absolute Gasteiger partial charge is 0.494 e. The van der Waals surface area contributed by atoms with Crippen molar-refractivity contribution in [2.45, 2.75) is 59.4 Å². The van der Waals surface area contributed by atoms with Crippen LogP contribution in [-0.2, 0) is 0 Å². The number of hydrogen-bond acceptors (Lipinski definition) is 2. The monoisotopic (exact) mass is 289 g/mol. The predicted molar refractivity (Wildman–Crippen MR) is 89.4 cm³/mol. The van der Waals surface area contributed by atoms with Crippen molar-refractivity contribution in [2.24, 2.45) is 23.0 Å². The number of ether oxygens (including phenoxy) is 1. The summed E-state index contributed by atoms with van der Waals surface area (Å²) in [5.41, 5.74) is 8.19. The van der Waals surface area contributed by atoms with Crippen LogP contribution >= 0.6 is 0 Å². The molecule has 2 heteroatoms. The van der Waals surface area contributed by atoms with Crippen LogP contribution in [0.2, 0.25) is 0 Å². The molecule has 0 spiro atoms. The van der Waals surface area contributed by atoms with Crippen LogP contribution in [0.4, 0.5) is 0 Å². The van der Waals surface area contributed by atoms with Crippen molar-refractivity contribution in [2.75, 3.05) is 6.61 Å². The summed E-state index contributed by atoms with van der Waals surface area (Å²) < 4.78 is 5.59. The van der Waals surface area contributed by atoms with Gasteiger partial charge in [-0.1, -0.05) is 32.9 Å². The lowest BCUT2D eigenvalue weighted by atomic mass is 9.68. The smallest absolute Gasteiger partial charge is 0.119 e. The van der Waals surface area contributed by atoms with E-state index in [4.69, 9.17) is 10.5 Å². The third-order valence-corrected chi connectivity index (χ3v) is 5.06. The van der Waals surface area contributed by atoms with Gasteiger partial charge in [-0.3, -0.25) is 0 Å². The van der Waals surface area contributed by atoms with E-state index in [0.29, 0.717) is 17.9 Å². The molecule has 2 rings (SSSR count). The summed E-state index contributed by atoms with van der Waals surface area (Å²) in [7, 11) is 0. The average molecular weight is 289 g/mol. The summed E-state index contributed by atoms with van der Waals surface area (Å²) in [5.74, 6) is 2.39. The Morgan fingerprint density at radius 3 is 2.43 bits per heavy atom. The Hall–Kier alpha value is -1.02. The normalized spacial score (nSPS) is 24.6. The van der Waals surface area contributed by atoms with E-state index in [1.165, 1.54) is 31.2 Å². The fourth-order valence-corrected chi connectivity index (χ4v) is 3.59. The molecule has 1 aliphatic rings. The highest BCUT2D eigenvalue weighted by molar-refractivity contribution is 5.30. The lowest BCUT2D eigenvalue weighted by molar-refractivity contribution is 0.139. The minimum absolute atomic E-state index is 0.145. The summed E-state index contributed by atoms with van der Waals surface area (Å²) in [6.45, 7) is 9.81. The quantitative estimate of drug-likeness (QED) is 0.852. The van der Waals surface area contributed by atoms with E-state index in [-0.39, 0.29) is 6.04 Å². The molecule has 1 saturated carbocycles. The molecule has 1 fully saturated rings. The maximum absolute atomic E-state index is 6.53. The number of benzene rings is 1. The molecule has 0 saturated heterocycles. The van der Waals surface area contributed by atoms with Crippen molar-refractivity contribution in [3.8, 4) is 5.75 Å². The number of rotatable bonds is 4. The summed E-state index contributed by atoms with van der Waals surface area (Å²) in [4.78, 5) is 0. The Morgan fingerprint density at radius 2 is 1.86 bits per heavy atom. The van der Waals surface area contributed by atoms with Gasteiger partial charge in [0.1, 0.15) is 5.75 Å². The number of hydrogen-bond donors (Lipinski definition) is 1. The van der Waals surface area contributed by atoms with Crippen molar-refractivity contribution in [1.82, 2.24) is 0 Å². The molecule has 0 bridgehead atoms. The molecule has 118 valence electrons. The molecule has 1 unspecified atom stereocenters. The fraction of sp³-hybridized carbons (Fsp3) is 0.684. The lowest BCUT2D eigenvalue weighted by Crippen LogP contribution is -2.30. The molecular formula is C19H31NO. The molecule has 0 heterocycles. The molecule has 1 aromatic rings. The molecule has 1 atom stereocenters. The van der Waals surface area contributed by atoms with Crippen molar-refractivity contribution < 1.29 is 4.74 Å². The van der Waals surface area contributed by atoms with E-state index in [1.54, 1.807) is 0 Å². The second-order valence-corrected chi connectivity index (χ2v) is 7.51. The molecule has 0 radical (unpaired) electrons. The molecule has 0 aromatic heterocycles. The third kappa shape index (κ3) is 4.23. The second kappa shape index (κ2) is 6.83. The number of nitrogens with two attached hydrogens (primary N) is 1. The van der Waals surface area contributed by atoms with Crippen LogP contribution < -0.4 is 10.5 Å². The molecular weight excluding hydrogens is 258 g/mol. The van der Waals surface area contributed by atoms with E-state index in [9.17, 15) is 0 Å². The van der Waals surface area contributed by atoms with Crippen LogP contribution in [0.3, 0.4) is 0 Å². The highest BCUT2D eigenvalue weighted by Crippen LogP contribution is 2.43. The zero-order valence-electron chi connectivity index (χ0n) is 14.1. The van der Waals surface area contributed by atoms with E-state index in [0.717, 1.165) is 11.7 Å². The van der Waals surface area contributed by atoms with Gasteiger partial charge in [0.05, 0.1) is 6.61 Å². The SMILES string of the molecule is CCOc1cccc(C(N)C2CCC(C(C)(C)C)CC2)c1. The van der Waals surface area contributed by atoms with Gasteiger partial charge in [-0.2, -0.15) is 0 Å². The highest BCUT2D eigenvalue weighted by Gasteiger charge is 2.32. The first kappa shape index (κ1) is 16.4. The van der Waals surface area contributed by atoms with Gasteiger partial charge < -0.3 is 10.5 Å². The topological polar surface area (TPSA) is 35.2 Å². The van der Waals surface area contributed by atoms with Crippen LogP contribution in [0.1, 0.15) is 65.0 Å². The minimum atomic E-state index is 0.145. The molecule has 2 nitrogen and oxygen atoms in total. The lowest BCUT2D eigenvalue weighted by Gasteiger charge is -2.38. The van der Waals surface area contributed by atoms with Gasteiger partial charge in [-0.15, -0.1) is 0 Å². The van der Waals surface area contributed by atoms with Crippen LogP contribution in [0.25, 0.3) is 0 Å². The van der Waals surface area contributed by atoms with Gasteiger partial charge >= 0.3 is 0 Å². The van der Waals surface area contributed by atoms with Crippen molar-refractivity contribution in [3.63, 3.8) is 0 Å². The van der Waals surface area contributed by atoms with Crippen molar-refractivity contribution in [1.29, 1.82) is 0 Å². The first-order valence-corrected chi connectivity index (χ1v) is 8.40. The van der Waals surface area contributed by atoms with Gasteiger partial charge in [-0.05, 0) is 67.6 Å². The third-order valence-electron chi connectivity index (χ3n) is 5.06. The Morgan fingerprint density at radius 1 is 1.19 bits per heavy atom. The molecule has 0 amide bonds. The second-order valence-electron chi connectivity index (χ2n) is 7.51. The van der Waals surface area contributed by atoms with Gasteiger partial charge in [0, 0.05) is 6.04 Å². The van der Waals surface area contributed by atoms with E-state index in [1.807, 2.05) is 13.0 Å². The standard InChI is InChI=1S/C19H31NO/c1-5-21-17-8-6-7-15(13-17)18(20)14-9-11-16(12-10-14)19(2,3)4/h6-8,13-14,16,18H,5,9-12,20H2,1-4H3. The van der Waals surface area contributed by atoms with Gasteiger partial charge in [-0.25, -0.2) is 0 Å². The highest BCUT2D eigenvalue weighted by atomic mass is 16.5. The Balaban J connectivity index is 1.98. The average Bonchev–Trinajstić information content (AvgIpc) is 2.46. The minimum Gasteiger partial charge on any atom is -0.494 e. The molecule has 1 aromatic carbocycles. The Labute approximate surface area is 130 Å². The summed E-state index contributed by atoms with van der Waals surface area (Å²) in [5, 5.41) is 0. The summed E-state index contributed by atoms with van der Waals surface area (Å²) in [6, 6.07) is 8.47. The van der Waals surface area contributed by atoms with Gasteiger partial charge in [0.2, 0.25) is 0 Å². The van der Waals surface area contributed by atoms with Gasteiger partial charge in [0.25, 0.3) is 0 Å².